The van der Waals surface area contributed by atoms with Crippen LogP contribution in [0.1, 0.15) is 30.9 Å². The molecule has 1 amide bonds. The predicted molar refractivity (Wildman–Crippen MR) is 124 cm³/mol. The molecule has 0 aliphatic carbocycles. The summed E-state index contributed by atoms with van der Waals surface area (Å²) >= 11 is 0. The number of carbonyl (C=O) groups excluding carboxylic acids is 1. The lowest BCUT2D eigenvalue weighted by molar-refractivity contribution is -0.116. The van der Waals surface area contributed by atoms with Crippen LogP contribution in [0, 0.1) is 0 Å². The number of hydrogen-bond acceptors (Lipinski definition) is 3. The number of amides is 1. The van der Waals surface area contributed by atoms with E-state index in [0.717, 1.165) is 24.8 Å². The number of nitrogens with zero attached hydrogens (tertiary/aromatic N) is 1. The fourth-order valence-electron chi connectivity index (χ4n) is 3.25. The maximum Gasteiger partial charge on any atom is 0.243 e. The smallest absolute Gasteiger partial charge is 0.243 e. The van der Waals surface area contributed by atoms with Crippen LogP contribution in [0.5, 0.6) is 0 Å². The molecule has 3 rings (SSSR count). The molecule has 0 saturated carbocycles. The molecule has 0 unspecified atom stereocenters. The third-order valence-electron chi connectivity index (χ3n) is 4.96. The van der Waals surface area contributed by atoms with Crippen LogP contribution in [0.25, 0.3) is 0 Å². The second-order valence-corrected chi connectivity index (χ2v) is 9.36. The summed E-state index contributed by atoms with van der Waals surface area (Å²) in [4.78, 5) is 12.9. The number of nitrogens with one attached hydrogen (secondary N) is 1. The Morgan fingerprint density at radius 1 is 0.839 bits per heavy atom. The first kappa shape index (κ1) is 22.7. The van der Waals surface area contributed by atoms with Crippen LogP contribution in [0.15, 0.2) is 89.8 Å². The van der Waals surface area contributed by atoms with Crippen molar-refractivity contribution in [1.82, 2.24) is 4.31 Å². The molecule has 0 aliphatic rings. The number of unbranched alkanes of at least 4 members (excludes halogenated alkanes) is 1. The van der Waals surface area contributed by atoms with Crippen LogP contribution < -0.4 is 5.32 Å². The first-order chi connectivity index (χ1) is 15.0. The van der Waals surface area contributed by atoms with Gasteiger partial charge in [-0.3, -0.25) is 4.79 Å². The van der Waals surface area contributed by atoms with Crippen LogP contribution in [0.3, 0.4) is 0 Å². The fourth-order valence-corrected chi connectivity index (χ4v) is 4.66. The Morgan fingerprint density at radius 3 is 2.06 bits per heavy atom. The number of anilines is 1. The van der Waals surface area contributed by atoms with Gasteiger partial charge in [-0.25, -0.2) is 8.42 Å². The second-order valence-electron chi connectivity index (χ2n) is 7.42. The van der Waals surface area contributed by atoms with E-state index in [1.807, 2.05) is 54.6 Å². The summed E-state index contributed by atoms with van der Waals surface area (Å²) in [5, 5.41) is 2.82. The van der Waals surface area contributed by atoms with Crippen molar-refractivity contribution < 1.29 is 13.2 Å². The Morgan fingerprint density at radius 2 is 1.45 bits per heavy atom. The summed E-state index contributed by atoms with van der Waals surface area (Å²) < 4.78 is 27.6. The highest BCUT2D eigenvalue weighted by atomic mass is 32.2. The molecule has 0 spiro atoms. The molecule has 0 fully saturated rings. The van der Waals surface area contributed by atoms with Crippen molar-refractivity contribution in [3.05, 3.63) is 96.1 Å². The molecule has 5 nitrogen and oxygen atoms in total. The summed E-state index contributed by atoms with van der Waals surface area (Å²) in [5.74, 6) is -0.378. The fraction of sp³-hybridized carbons (Fsp3) is 0.240. The summed E-state index contributed by atoms with van der Waals surface area (Å²) in [6.07, 6.45) is 3.26. The third-order valence-corrected chi connectivity index (χ3v) is 6.77. The van der Waals surface area contributed by atoms with Gasteiger partial charge in [-0.2, -0.15) is 4.31 Å². The average Bonchev–Trinajstić information content (AvgIpc) is 2.79. The van der Waals surface area contributed by atoms with Crippen molar-refractivity contribution in [2.24, 2.45) is 0 Å². The number of aryl methyl sites for hydroxylation is 1. The Hall–Kier alpha value is -2.96. The van der Waals surface area contributed by atoms with E-state index in [9.17, 15) is 13.2 Å². The van der Waals surface area contributed by atoms with E-state index in [1.165, 1.54) is 9.87 Å². The SMILES string of the molecule is CCCCc1ccc(NC(=O)CN(Cc2ccccc2)S(=O)(=O)c2ccccc2)cc1. The summed E-state index contributed by atoms with van der Waals surface area (Å²) in [6.45, 7) is 1.99. The van der Waals surface area contributed by atoms with Gasteiger partial charge in [-0.15, -0.1) is 0 Å². The molecule has 0 heterocycles. The average molecular weight is 437 g/mol. The summed E-state index contributed by atoms with van der Waals surface area (Å²) in [6, 6.07) is 25.2. The minimum absolute atomic E-state index is 0.113. The summed E-state index contributed by atoms with van der Waals surface area (Å²) in [5.41, 5.74) is 2.69. The molecule has 3 aromatic carbocycles. The van der Waals surface area contributed by atoms with Gasteiger partial charge < -0.3 is 5.32 Å². The van der Waals surface area contributed by atoms with Crippen molar-refractivity contribution in [3.8, 4) is 0 Å². The Bertz CT molecular complexity index is 1070. The van der Waals surface area contributed by atoms with Gasteiger partial charge >= 0.3 is 0 Å². The Kier molecular flexibility index (Phi) is 7.98. The van der Waals surface area contributed by atoms with E-state index in [4.69, 9.17) is 0 Å². The first-order valence-corrected chi connectivity index (χ1v) is 11.9. The van der Waals surface area contributed by atoms with E-state index >= 15 is 0 Å². The second kappa shape index (κ2) is 10.9. The topological polar surface area (TPSA) is 66.5 Å². The van der Waals surface area contributed by atoms with Gasteiger partial charge in [0.15, 0.2) is 0 Å². The number of hydrogen-bond donors (Lipinski definition) is 1. The van der Waals surface area contributed by atoms with E-state index in [-0.39, 0.29) is 23.9 Å². The molecule has 0 atom stereocenters. The van der Waals surface area contributed by atoms with Gasteiger partial charge in [0, 0.05) is 12.2 Å². The summed E-state index contributed by atoms with van der Waals surface area (Å²) in [7, 11) is -3.83. The van der Waals surface area contributed by atoms with Gasteiger partial charge in [0.1, 0.15) is 0 Å². The Balaban J connectivity index is 1.75. The Labute approximate surface area is 184 Å². The molecule has 162 valence electrons. The maximum atomic E-state index is 13.2. The van der Waals surface area contributed by atoms with E-state index in [2.05, 4.69) is 12.2 Å². The number of carbonyl (C=O) groups is 1. The third kappa shape index (κ3) is 6.51. The van der Waals surface area contributed by atoms with Crippen LogP contribution in [0.4, 0.5) is 5.69 Å². The normalized spacial score (nSPS) is 11.4. The van der Waals surface area contributed by atoms with Crippen LogP contribution >= 0.6 is 0 Å². The van der Waals surface area contributed by atoms with Crippen molar-refractivity contribution in [3.63, 3.8) is 0 Å². The molecule has 1 N–H and O–H groups in total. The van der Waals surface area contributed by atoms with Crippen LogP contribution in [-0.4, -0.2) is 25.2 Å². The standard InChI is InChI=1S/C25H28N2O3S/c1-2-3-10-21-15-17-23(18-16-21)26-25(28)20-27(19-22-11-6-4-7-12-22)31(29,30)24-13-8-5-9-14-24/h4-9,11-18H,2-3,10,19-20H2,1H3,(H,26,28). The van der Waals surface area contributed by atoms with Gasteiger partial charge in [-0.1, -0.05) is 74.0 Å². The monoisotopic (exact) mass is 436 g/mol. The zero-order valence-electron chi connectivity index (χ0n) is 17.7. The molecular weight excluding hydrogens is 408 g/mol. The number of rotatable bonds is 10. The van der Waals surface area contributed by atoms with E-state index in [0.29, 0.717) is 5.69 Å². The van der Waals surface area contributed by atoms with E-state index < -0.39 is 10.0 Å². The molecule has 0 aliphatic heterocycles. The molecular formula is C25H28N2O3S. The lowest BCUT2D eigenvalue weighted by atomic mass is 10.1. The van der Waals surface area contributed by atoms with Gasteiger partial charge in [0.05, 0.1) is 11.4 Å². The quantitative estimate of drug-likeness (QED) is 0.494. The minimum Gasteiger partial charge on any atom is -0.325 e. The highest BCUT2D eigenvalue weighted by Gasteiger charge is 2.26. The predicted octanol–water partition coefficient (Wildman–Crippen LogP) is 4.86. The zero-order valence-corrected chi connectivity index (χ0v) is 18.5. The highest BCUT2D eigenvalue weighted by molar-refractivity contribution is 7.89. The molecule has 6 heteroatoms. The molecule has 31 heavy (non-hydrogen) atoms. The maximum absolute atomic E-state index is 13.2. The molecule has 0 aromatic heterocycles. The number of sulfonamides is 1. The van der Waals surface area contributed by atoms with Gasteiger partial charge in [0.25, 0.3) is 0 Å². The van der Waals surface area contributed by atoms with Gasteiger partial charge in [0.2, 0.25) is 15.9 Å². The van der Waals surface area contributed by atoms with Gasteiger partial charge in [-0.05, 0) is 48.2 Å². The number of benzene rings is 3. The minimum atomic E-state index is -3.83. The molecule has 3 aromatic rings. The first-order valence-electron chi connectivity index (χ1n) is 10.5. The van der Waals surface area contributed by atoms with Crippen molar-refractivity contribution >= 4 is 21.6 Å². The lowest BCUT2D eigenvalue weighted by Crippen LogP contribution is -2.37. The van der Waals surface area contributed by atoms with Crippen molar-refractivity contribution in [2.45, 2.75) is 37.6 Å². The van der Waals surface area contributed by atoms with Crippen molar-refractivity contribution in [1.29, 1.82) is 0 Å². The highest BCUT2D eigenvalue weighted by Crippen LogP contribution is 2.19. The molecule has 0 radical (unpaired) electrons. The molecule has 0 bridgehead atoms. The molecule has 0 saturated heterocycles. The van der Waals surface area contributed by atoms with Crippen LogP contribution in [0.2, 0.25) is 0 Å². The largest absolute Gasteiger partial charge is 0.325 e. The van der Waals surface area contributed by atoms with E-state index in [1.54, 1.807) is 30.3 Å². The lowest BCUT2D eigenvalue weighted by Gasteiger charge is -2.22. The van der Waals surface area contributed by atoms with Crippen LogP contribution in [-0.2, 0) is 27.8 Å². The zero-order chi connectivity index (χ0) is 22.1. The van der Waals surface area contributed by atoms with Crippen molar-refractivity contribution in [2.75, 3.05) is 11.9 Å².